The third kappa shape index (κ3) is 3.96. The molecular weight excluding hydrogens is 345 g/mol. The van der Waals surface area contributed by atoms with Crippen molar-refractivity contribution in [2.24, 2.45) is 0 Å². The fourth-order valence-electron chi connectivity index (χ4n) is 2.35. The van der Waals surface area contributed by atoms with Gasteiger partial charge in [0, 0.05) is 46.0 Å². The molecule has 1 aromatic heterocycles. The Morgan fingerprint density at radius 3 is 2.50 bits per heavy atom. The number of anilines is 1. The molecule has 0 fully saturated rings. The van der Waals surface area contributed by atoms with Crippen molar-refractivity contribution in [1.82, 2.24) is 10.3 Å². The molecule has 2 N–H and O–H groups in total. The molecular formula is C18H15Cl2N3O. The summed E-state index contributed by atoms with van der Waals surface area (Å²) in [4.78, 5) is 16.3. The molecule has 0 radical (unpaired) electrons. The summed E-state index contributed by atoms with van der Waals surface area (Å²) in [5, 5.41) is 8.42. The number of benzene rings is 2. The smallest absolute Gasteiger partial charge is 0.251 e. The van der Waals surface area contributed by atoms with Crippen molar-refractivity contribution in [1.29, 1.82) is 0 Å². The van der Waals surface area contributed by atoms with Crippen LogP contribution in [-0.4, -0.2) is 24.0 Å². The zero-order valence-corrected chi connectivity index (χ0v) is 14.2. The van der Waals surface area contributed by atoms with Crippen molar-refractivity contribution in [2.75, 3.05) is 18.4 Å². The van der Waals surface area contributed by atoms with Crippen molar-refractivity contribution in [3.05, 3.63) is 70.3 Å². The number of nitrogens with zero attached hydrogens (tertiary/aromatic N) is 1. The first kappa shape index (κ1) is 16.6. The molecule has 0 unspecified atom stereocenters. The number of hydrogen-bond acceptors (Lipinski definition) is 3. The van der Waals surface area contributed by atoms with E-state index in [0.29, 0.717) is 28.7 Å². The Balaban J connectivity index is 1.57. The molecule has 1 heterocycles. The number of aromatic nitrogens is 1. The van der Waals surface area contributed by atoms with Crippen LogP contribution in [-0.2, 0) is 0 Å². The van der Waals surface area contributed by atoms with Crippen LogP contribution in [0.25, 0.3) is 10.9 Å². The lowest BCUT2D eigenvalue weighted by molar-refractivity contribution is 0.0955. The van der Waals surface area contributed by atoms with Gasteiger partial charge >= 0.3 is 0 Å². The number of hydrogen-bond donors (Lipinski definition) is 2. The number of amides is 1. The highest BCUT2D eigenvalue weighted by Crippen LogP contribution is 2.24. The van der Waals surface area contributed by atoms with Gasteiger partial charge in [0.1, 0.15) is 0 Å². The first-order valence-corrected chi connectivity index (χ1v) is 8.21. The van der Waals surface area contributed by atoms with Gasteiger partial charge in [-0.25, -0.2) is 0 Å². The predicted octanol–water partition coefficient (Wildman–Crippen LogP) is 4.38. The molecule has 4 nitrogen and oxygen atoms in total. The molecule has 0 bridgehead atoms. The molecule has 0 saturated carbocycles. The molecule has 0 spiro atoms. The van der Waals surface area contributed by atoms with Crippen LogP contribution in [0.4, 0.5) is 5.69 Å². The highest BCUT2D eigenvalue weighted by Gasteiger charge is 2.05. The fraction of sp³-hybridized carbons (Fsp3) is 0.111. The van der Waals surface area contributed by atoms with E-state index in [1.165, 1.54) is 0 Å². The van der Waals surface area contributed by atoms with Crippen molar-refractivity contribution in [2.45, 2.75) is 0 Å². The zero-order valence-electron chi connectivity index (χ0n) is 12.7. The number of nitrogens with one attached hydrogen (secondary N) is 2. The summed E-state index contributed by atoms with van der Waals surface area (Å²) < 4.78 is 0. The van der Waals surface area contributed by atoms with Crippen LogP contribution in [0.1, 0.15) is 10.4 Å². The maximum atomic E-state index is 12.0. The quantitative estimate of drug-likeness (QED) is 0.664. The Labute approximate surface area is 149 Å². The molecule has 0 aliphatic heterocycles. The van der Waals surface area contributed by atoms with Crippen molar-refractivity contribution < 1.29 is 4.79 Å². The van der Waals surface area contributed by atoms with E-state index >= 15 is 0 Å². The summed E-state index contributed by atoms with van der Waals surface area (Å²) in [6.07, 6.45) is 1.73. The molecule has 122 valence electrons. The topological polar surface area (TPSA) is 54.0 Å². The van der Waals surface area contributed by atoms with E-state index < -0.39 is 0 Å². The minimum Gasteiger partial charge on any atom is -0.383 e. The molecule has 0 aliphatic rings. The maximum Gasteiger partial charge on any atom is 0.251 e. The number of carbonyl (C=O) groups is 1. The van der Waals surface area contributed by atoms with Gasteiger partial charge in [0.25, 0.3) is 5.91 Å². The SMILES string of the molecule is O=C(NCCNc1ccnc2cc(Cl)ccc12)c1ccc(Cl)cc1. The van der Waals surface area contributed by atoms with E-state index in [1.807, 2.05) is 24.3 Å². The third-order valence-electron chi connectivity index (χ3n) is 3.54. The van der Waals surface area contributed by atoms with Crippen LogP contribution in [0.15, 0.2) is 54.7 Å². The molecule has 1 amide bonds. The zero-order chi connectivity index (χ0) is 16.9. The summed E-state index contributed by atoms with van der Waals surface area (Å²) in [5.74, 6) is -0.125. The van der Waals surface area contributed by atoms with E-state index in [4.69, 9.17) is 23.2 Å². The number of carbonyl (C=O) groups excluding carboxylic acids is 1. The van der Waals surface area contributed by atoms with Crippen LogP contribution < -0.4 is 10.6 Å². The van der Waals surface area contributed by atoms with Gasteiger partial charge in [-0.3, -0.25) is 9.78 Å². The van der Waals surface area contributed by atoms with Gasteiger partial charge in [0.15, 0.2) is 0 Å². The van der Waals surface area contributed by atoms with Crippen LogP contribution in [0.3, 0.4) is 0 Å². The first-order chi connectivity index (χ1) is 11.6. The van der Waals surface area contributed by atoms with Gasteiger partial charge in [0.05, 0.1) is 5.52 Å². The third-order valence-corrected chi connectivity index (χ3v) is 4.02. The van der Waals surface area contributed by atoms with E-state index in [9.17, 15) is 4.79 Å². The van der Waals surface area contributed by atoms with Crippen LogP contribution in [0.5, 0.6) is 0 Å². The maximum absolute atomic E-state index is 12.0. The first-order valence-electron chi connectivity index (χ1n) is 7.45. The average Bonchev–Trinajstić information content (AvgIpc) is 2.59. The molecule has 3 rings (SSSR count). The van der Waals surface area contributed by atoms with E-state index in [2.05, 4.69) is 15.6 Å². The Bertz CT molecular complexity index is 866. The summed E-state index contributed by atoms with van der Waals surface area (Å²) in [6, 6.07) is 14.3. The molecule has 2 aromatic carbocycles. The summed E-state index contributed by atoms with van der Waals surface area (Å²) in [6.45, 7) is 1.10. The van der Waals surface area contributed by atoms with Crippen LogP contribution >= 0.6 is 23.2 Å². The lowest BCUT2D eigenvalue weighted by Crippen LogP contribution is -2.28. The van der Waals surface area contributed by atoms with Gasteiger partial charge in [-0.15, -0.1) is 0 Å². The summed E-state index contributed by atoms with van der Waals surface area (Å²) in [5.41, 5.74) is 2.37. The predicted molar refractivity (Wildman–Crippen MR) is 99.0 cm³/mol. The second-order valence-corrected chi connectivity index (χ2v) is 6.08. The van der Waals surface area contributed by atoms with Crippen LogP contribution in [0.2, 0.25) is 10.0 Å². The van der Waals surface area contributed by atoms with E-state index in [1.54, 1.807) is 30.5 Å². The van der Waals surface area contributed by atoms with Crippen molar-refractivity contribution >= 4 is 45.7 Å². The standard InChI is InChI=1S/C18H15Cl2N3O/c19-13-3-1-12(2-4-13)18(24)23-10-9-22-16-7-8-21-17-11-14(20)5-6-15(16)17/h1-8,11H,9-10H2,(H,21,22)(H,23,24). The van der Waals surface area contributed by atoms with Gasteiger partial charge in [-0.2, -0.15) is 0 Å². The molecule has 0 aliphatic carbocycles. The molecule has 6 heteroatoms. The minimum atomic E-state index is -0.125. The largest absolute Gasteiger partial charge is 0.383 e. The Morgan fingerprint density at radius 2 is 1.71 bits per heavy atom. The Hall–Kier alpha value is -2.30. The Kier molecular flexibility index (Phi) is 5.18. The fourth-order valence-corrected chi connectivity index (χ4v) is 2.64. The second kappa shape index (κ2) is 7.51. The highest BCUT2D eigenvalue weighted by atomic mass is 35.5. The van der Waals surface area contributed by atoms with E-state index in [-0.39, 0.29) is 5.91 Å². The van der Waals surface area contributed by atoms with Crippen LogP contribution in [0, 0.1) is 0 Å². The van der Waals surface area contributed by atoms with Gasteiger partial charge in [-0.05, 0) is 48.5 Å². The van der Waals surface area contributed by atoms with E-state index in [0.717, 1.165) is 16.6 Å². The molecule has 0 saturated heterocycles. The monoisotopic (exact) mass is 359 g/mol. The minimum absolute atomic E-state index is 0.125. The van der Waals surface area contributed by atoms with Gasteiger partial charge < -0.3 is 10.6 Å². The Morgan fingerprint density at radius 1 is 0.958 bits per heavy atom. The number of fused-ring (bicyclic) bond motifs is 1. The molecule has 0 atom stereocenters. The number of rotatable bonds is 5. The second-order valence-electron chi connectivity index (χ2n) is 5.21. The average molecular weight is 360 g/mol. The van der Waals surface area contributed by atoms with Gasteiger partial charge in [-0.1, -0.05) is 23.2 Å². The lowest BCUT2D eigenvalue weighted by atomic mass is 10.2. The van der Waals surface area contributed by atoms with Gasteiger partial charge in [0.2, 0.25) is 0 Å². The van der Waals surface area contributed by atoms with Crippen molar-refractivity contribution in [3.8, 4) is 0 Å². The highest BCUT2D eigenvalue weighted by molar-refractivity contribution is 6.31. The molecule has 3 aromatic rings. The van der Waals surface area contributed by atoms with Crippen molar-refractivity contribution in [3.63, 3.8) is 0 Å². The lowest BCUT2D eigenvalue weighted by Gasteiger charge is -2.10. The number of halogens is 2. The summed E-state index contributed by atoms with van der Waals surface area (Å²) in [7, 11) is 0. The summed E-state index contributed by atoms with van der Waals surface area (Å²) >= 11 is 11.8. The molecule has 24 heavy (non-hydrogen) atoms. The normalized spacial score (nSPS) is 10.6. The number of pyridine rings is 1.